The molecule has 2 spiro atoms. The van der Waals surface area contributed by atoms with Crippen molar-refractivity contribution in [3.05, 3.63) is 120 Å². The topological polar surface area (TPSA) is 220 Å². The highest BCUT2D eigenvalue weighted by molar-refractivity contribution is 6.08. The SMILES string of the molecule is CC(=O)CCC(=O)N1CCN(c2cc3c(c4ccccc24)N=CC2(O3)N(C)c3ccccc3C2(C)C)CC1.COCCOCCOC(=O)CCCCC(=O)OCCOCCOC(=O)CCC(=O)N1CCN(c2cc3c(c4ccccc24)N=CC2(O3)N(C)c3ccccc3C2(C)C)CC1. The Labute approximate surface area is 573 Å². The number of anilines is 4. The number of fused-ring (bicyclic) bond motifs is 8. The van der Waals surface area contributed by atoms with Crippen molar-refractivity contribution in [2.75, 3.05) is 146 Å². The average molecular weight is 1340 g/mol. The Morgan fingerprint density at radius 2 is 0.806 bits per heavy atom. The lowest BCUT2D eigenvalue weighted by atomic mass is 9.77. The molecule has 98 heavy (non-hydrogen) atoms. The molecular weight excluding hydrogens is 1250 g/mol. The zero-order chi connectivity index (χ0) is 69.2. The number of carbonyl (C=O) groups is 6. The monoisotopic (exact) mass is 1340 g/mol. The second-order valence-corrected chi connectivity index (χ2v) is 26.6. The predicted molar refractivity (Wildman–Crippen MR) is 378 cm³/mol. The van der Waals surface area contributed by atoms with Gasteiger partial charge < -0.3 is 72.1 Å². The highest BCUT2D eigenvalue weighted by Gasteiger charge is 2.60. The van der Waals surface area contributed by atoms with E-state index in [0.29, 0.717) is 78.4 Å². The van der Waals surface area contributed by atoms with E-state index in [2.05, 4.69) is 146 Å². The molecule has 2 saturated heterocycles. The molecule has 0 aromatic heterocycles. The van der Waals surface area contributed by atoms with Crippen molar-refractivity contribution in [2.24, 2.45) is 9.98 Å². The quantitative estimate of drug-likeness (QED) is 0.0295. The van der Waals surface area contributed by atoms with Gasteiger partial charge in [0.15, 0.2) is 11.5 Å². The number of piperazine rings is 2. The molecule has 12 rings (SSSR count). The fourth-order valence-corrected chi connectivity index (χ4v) is 14.3. The Morgan fingerprint density at radius 1 is 0.439 bits per heavy atom. The molecule has 2 unspecified atom stereocenters. The number of nitrogens with zero attached hydrogens (tertiary/aromatic N) is 8. The fraction of sp³-hybridized carbons (Fsp3) is 0.474. The first-order valence-corrected chi connectivity index (χ1v) is 34.2. The number of aliphatic imine (C=N–C) groups is 2. The van der Waals surface area contributed by atoms with E-state index in [1.165, 1.54) is 18.1 Å². The zero-order valence-electron chi connectivity index (χ0n) is 57.8. The largest absolute Gasteiger partial charge is 0.463 e. The molecule has 0 saturated carbocycles. The van der Waals surface area contributed by atoms with E-state index in [1.807, 2.05) is 41.6 Å². The number of hydrogen-bond acceptors (Lipinski definition) is 20. The summed E-state index contributed by atoms with van der Waals surface area (Å²) < 4.78 is 45.0. The first-order chi connectivity index (χ1) is 47.3. The van der Waals surface area contributed by atoms with Gasteiger partial charge in [0.25, 0.3) is 0 Å². The van der Waals surface area contributed by atoms with Gasteiger partial charge in [0.2, 0.25) is 23.3 Å². The zero-order valence-corrected chi connectivity index (χ0v) is 57.8. The smallest absolute Gasteiger partial charge is 0.306 e. The molecule has 6 heterocycles. The molecule has 6 aliphatic heterocycles. The van der Waals surface area contributed by atoms with Gasteiger partial charge in [0.1, 0.15) is 37.0 Å². The van der Waals surface area contributed by atoms with Crippen LogP contribution in [0.2, 0.25) is 0 Å². The highest BCUT2D eigenvalue weighted by atomic mass is 16.6. The number of benzene rings is 6. The minimum Gasteiger partial charge on any atom is -0.463 e. The lowest BCUT2D eigenvalue weighted by Gasteiger charge is -2.45. The van der Waals surface area contributed by atoms with Crippen molar-refractivity contribution in [2.45, 2.75) is 108 Å². The normalized spacial score (nSPS) is 19.1. The van der Waals surface area contributed by atoms with E-state index in [1.54, 1.807) is 12.0 Å². The summed E-state index contributed by atoms with van der Waals surface area (Å²) in [6.07, 6.45) is 5.98. The Hall–Kier alpha value is -9.12. The third-order valence-corrected chi connectivity index (χ3v) is 19.9. The summed E-state index contributed by atoms with van der Waals surface area (Å²) in [6, 6.07) is 37.7. The second kappa shape index (κ2) is 30.7. The number of amides is 2. The standard InChI is InChI=1S/C45H58N4O11.C31H34N4O3/c1-44(2)35-13-7-8-14-36(35)47(3)45(44)32-46-43-34-12-6-5-11-33(34)37(31-38(43)60-45)48-19-21-49(22-20-48)39(50)17-18-42(53)59-30-27-56-26-29-58-41(52)16-10-9-15-40(51)57-28-25-55-24-23-54-4;1-21(36)13-14-28(37)35-17-15-34(16-18-35)26-19-27-29(23-10-6-5-9-22(23)26)32-20-31(38-27)30(2,3)24-11-7-8-12-25(24)33(31)4/h5-8,11-14,31-32H,9-10,15-30H2,1-4H3;5-12,19-20H,13-18H2,1-4H3. The maximum Gasteiger partial charge on any atom is 0.306 e. The predicted octanol–water partition coefficient (Wildman–Crippen LogP) is 10.4. The number of hydrogen-bond donors (Lipinski definition) is 0. The molecule has 22 nitrogen and oxygen atoms in total. The van der Waals surface area contributed by atoms with Gasteiger partial charge in [-0.05, 0) is 70.7 Å². The van der Waals surface area contributed by atoms with Crippen LogP contribution in [0.4, 0.5) is 34.1 Å². The van der Waals surface area contributed by atoms with E-state index >= 15 is 0 Å². The van der Waals surface area contributed by atoms with Crippen molar-refractivity contribution in [3.8, 4) is 11.5 Å². The maximum atomic E-state index is 13.1. The van der Waals surface area contributed by atoms with Crippen LogP contribution < -0.4 is 29.1 Å². The van der Waals surface area contributed by atoms with E-state index in [9.17, 15) is 28.8 Å². The lowest BCUT2D eigenvalue weighted by Crippen LogP contribution is -2.61. The van der Waals surface area contributed by atoms with Crippen LogP contribution in [-0.4, -0.2) is 196 Å². The summed E-state index contributed by atoms with van der Waals surface area (Å²) in [5, 5.41) is 4.27. The first kappa shape index (κ1) is 70.2. The van der Waals surface area contributed by atoms with Crippen LogP contribution in [0.3, 0.4) is 0 Å². The number of ether oxygens (including phenoxy) is 8. The number of ketones is 1. The highest BCUT2D eigenvalue weighted by Crippen LogP contribution is 2.57. The number of likely N-dealkylation sites (N-methyl/N-ethyl adjacent to an activating group) is 2. The van der Waals surface area contributed by atoms with Crippen LogP contribution in [0, 0.1) is 0 Å². The third kappa shape index (κ3) is 14.5. The van der Waals surface area contributed by atoms with Gasteiger partial charge in [-0.15, -0.1) is 0 Å². The maximum absolute atomic E-state index is 13.1. The summed E-state index contributed by atoms with van der Waals surface area (Å²) in [4.78, 5) is 95.9. The molecule has 520 valence electrons. The number of methoxy groups -OCH3 is 1. The molecule has 0 aliphatic carbocycles. The van der Waals surface area contributed by atoms with Gasteiger partial charge in [0, 0.05) is 162 Å². The molecule has 2 fully saturated rings. The second-order valence-electron chi connectivity index (χ2n) is 26.6. The van der Waals surface area contributed by atoms with Crippen LogP contribution >= 0.6 is 0 Å². The van der Waals surface area contributed by atoms with Crippen LogP contribution in [0.1, 0.15) is 97.1 Å². The number of unbranched alkanes of at least 4 members (excludes halogenated alkanes) is 1. The molecule has 2 atom stereocenters. The number of para-hydroxylation sites is 2. The molecule has 0 bridgehead atoms. The van der Waals surface area contributed by atoms with Gasteiger partial charge in [0.05, 0.1) is 62.7 Å². The number of Topliss-reactive ketones (excluding diaryl/α,β-unsaturated/α-hetero) is 1. The lowest BCUT2D eigenvalue weighted by molar-refractivity contribution is -0.149. The fourth-order valence-electron chi connectivity index (χ4n) is 14.3. The van der Waals surface area contributed by atoms with E-state index < -0.39 is 17.4 Å². The minimum atomic E-state index is -0.802. The van der Waals surface area contributed by atoms with Crippen molar-refractivity contribution in [1.29, 1.82) is 0 Å². The molecule has 22 heteroatoms. The van der Waals surface area contributed by atoms with Gasteiger partial charge in [-0.1, -0.05) is 84.9 Å². The Kier molecular flexibility index (Phi) is 22.0. The van der Waals surface area contributed by atoms with Gasteiger partial charge in [-0.25, -0.2) is 0 Å². The molecule has 0 radical (unpaired) electrons. The Morgan fingerprint density at radius 3 is 1.20 bits per heavy atom. The first-order valence-electron chi connectivity index (χ1n) is 34.2. The van der Waals surface area contributed by atoms with E-state index in [-0.39, 0.29) is 106 Å². The van der Waals surface area contributed by atoms with Crippen molar-refractivity contribution >= 4 is 104 Å². The van der Waals surface area contributed by atoms with E-state index in [4.69, 9.17) is 47.9 Å². The van der Waals surface area contributed by atoms with Gasteiger partial charge >= 0.3 is 17.9 Å². The van der Waals surface area contributed by atoms with Crippen LogP contribution in [0.15, 0.2) is 119 Å². The van der Waals surface area contributed by atoms with Crippen molar-refractivity contribution in [1.82, 2.24) is 9.80 Å². The van der Waals surface area contributed by atoms with Crippen LogP contribution in [0.5, 0.6) is 11.5 Å². The molecule has 0 N–H and O–H groups in total. The van der Waals surface area contributed by atoms with Gasteiger partial charge in [-0.3, -0.25) is 34.0 Å². The molecule has 6 aromatic rings. The summed E-state index contributed by atoms with van der Waals surface area (Å²) in [5.41, 5.74) is 6.27. The molecule has 6 aromatic carbocycles. The third-order valence-electron chi connectivity index (χ3n) is 19.9. The molecular formula is C76H92N8O14. The van der Waals surface area contributed by atoms with Crippen LogP contribution in [-0.2, 0) is 68.0 Å². The Bertz CT molecular complexity index is 3970. The van der Waals surface area contributed by atoms with Crippen molar-refractivity contribution in [3.63, 3.8) is 0 Å². The average Bonchev–Trinajstić information content (AvgIpc) is 1.51. The molecule has 6 aliphatic rings. The van der Waals surface area contributed by atoms with Crippen LogP contribution in [0.25, 0.3) is 21.5 Å². The summed E-state index contributed by atoms with van der Waals surface area (Å²) in [5.74, 6) is 0.323. The number of esters is 3. The van der Waals surface area contributed by atoms with Crippen molar-refractivity contribution < 1.29 is 66.7 Å². The van der Waals surface area contributed by atoms with Gasteiger partial charge in [-0.2, -0.15) is 0 Å². The van der Waals surface area contributed by atoms with E-state index in [0.717, 1.165) is 80.3 Å². The summed E-state index contributed by atoms with van der Waals surface area (Å²) in [6.45, 7) is 17.2. The number of carbonyl (C=O) groups excluding carboxylic acids is 6. The number of rotatable bonds is 25. The molecule has 2 amide bonds. The summed E-state index contributed by atoms with van der Waals surface area (Å²) >= 11 is 0. The Balaban J connectivity index is 0.000000218. The minimum absolute atomic E-state index is 0.0264. The summed E-state index contributed by atoms with van der Waals surface area (Å²) in [7, 11) is 5.72.